The van der Waals surface area contributed by atoms with Crippen LogP contribution < -0.4 is 16.0 Å². The first-order valence-corrected chi connectivity index (χ1v) is 9.77. The summed E-state index contributed by atoms with van der Waals surface area (Å²) < 4.78 is 0. The summed E-state index contributed by atoms with van der Waals surface area (Å²) in [6, 6.07) is 4.09. The van der Waals surface area contributed by atoms with E-state index in [0.29, 0.717) is 25.2 Å². The van der Waals surface area contributed by atoms with Gasteiger partial charge in [-0.1, -0.05) is 18.9 Å². The Balaban J connectivity index is 1.53. The standard InChI is InChI=1S/C18H25N5OS/c19-8-7-17-22-15(13-25-17)18(24)21-12-14-5-6-16(20-11-14)23-9-3-1-2-4-10-23/h5-6,11,13H,1-4,7-10,12,19H2,(H,21,24). The molecule has 2 aromatic rings. The number of nitrogens with zero attached hydrogens (tertiary/aromatic N) is 3. The second kappa shape index (κ2) is 8.92. The van der Waals surface area contributed by atoms with Gasteiger partial charge < -0.3 is 16.0 Å². The van der Waals surface area contributed by atoms with Crippen molar-refractivity contribution < 1.29 is 4.79 Å². The SMILES string of the molecule is NCCc1nc(C(=O)NCc2ccc(N3CCCCCC3)nc2)cs1. The van der Waals surface area contributed by atoms with Gasteiger partial charge in [0.1, 0.15) is 11.5 Å². The summed E-state index contributed by atoms with van der Waals surface area (Å²) in [5.41, 5.74) is 6.96. The van der Waals surface area contributed by atoms with Crippen LogP contribution in [-0.2, 0) is 13.0 Å². The van der Waals surface area contributed by atoms with E-state index in [2.05, 4.69) is 26.3 Å². The molecule has 0 aromatic carbocycles. The highest BCUT2D eigenvalue weighted by molar-refractivity contribution is 7.09. The first-order chi connectivity index (χ1) is 12.3. The number of thiazole rings is 1. The Kier molecular flexibility index (Phi) is 6.36. The van der Waals surface area contributed by atoms with Crippen LogP contribution in [0.2, 0.25) is 0 Å². The minimum Gasteiger partial charge on any atom is -0.357 e. The molecule has 0 bridgehead atoms. The Hall–Kier alpha value is -1.99. The van der Waals surface area contributed by atoms with Crippen molar-refractivity contribution in [3.63, 3.8) is 0 Å². The fourth-order valence-electron chi connectivity index (χ4n) is 2.93. The van der Waals surface area contributed by atoms with Crippen LogP contribution >= 0.6 is 11.3 Å². The lowest BCUT2D eigenvalue weighted by Crippen LogP contribution is -2.25. The van der Waals surface area contributed by atoms with E-state index >= 15 is 0 Å². The molecule has 0 radical (unpaired) electrons. The molecule has 134 valence electrons. The molecular weight excluding hydrogens is 334 g/mol. The first-order valence-electron chi connectivity index (χ1n) is 8.89. The van der Waals surface area contributed by atoms with Crippen molar-refractivity contribution in [2.45, 2.75) is 38.6 Å². The molecule has 2 aromatic heterocycles. The molecule has 1 aliphatic heterocycles. The third kappa shape index (κ3) is 4.99. The summed E-state index contributed by atoms with van der Waals surface area (Å²) in [6.45, 7) is 3.16. The van der Waals surface area contributed by atoms with E-state index in [9.17, 15) is 4.79 Å². The number of amides is 1. The molecule has 0 aliphatic carbocycles. The lowest BCUT2D eigenvalue weighted by atomic mass is 10.2. The van der Waals surface area contributed by atoms with E-state index < -0.39 is 0 Å². The van der Waals surface area contributed by atoms with Crippen LogP contribution in [0.15, 0.2) is 23.7 Å². The van der Waals surface area contributed by atoms with Gasteiger partial charge in [-0.25, -0.2) is 9.97 Å². The van der Waals surface area contributed by atoms with Crippen molar-refractivity contribution in [1.29, 1.82) is 0 Å². The molecule has 1 aliphatic rings. The average molecular weight is 359 g/mol. The maximum atomic E-state index is 12.2. The van der Waals surface area contributed by atoms with Gasteiger partial charge in [0.05, 0.1) is 5.01 Å². The smallest absolute Gasteiger partial charge is 0.271 e. The molecule has 0 atom stereocenters. The predicted molar refractivity (Wildman–Crippen MR) is 101 cm³/mol. The van der Waals surface area contributed by atoms with Crippen molar-refractivity contribution in [1.82, 2.24) is 15.3 Å². The zero-order valence-electron chi connectivity index (χ0n) is 14.4. The number of aromatic nitrogens is 2. The van der Waals surface area contributed by atoms with Crippen LogP contribution in [-0.4, -0.2) is 35.5 Å². The van der Waals surface area contributed by atoms with Crippen LogP contribution in [0.4, 0.5) is 5.82 Å². The molecule has 6 nitrogen and oxygen atoms in total. The number of carbonyl (C=O) groups is 1. The number of hydrogen-bond acceptors (Lipinski definition) is 6. The topological polar surface area (TPSA) is 84.1 Å². The third-order valence-corrected chi connectivity index (χ3v) is 5.24. The number of pyridine rings is 1. The normalized spacial score (nSPS) is 15.0. The molecule has 25 heavy (non-hydrogen) atoms. The highest BCUT2D eigenvalue weighted by Crippen LogP contribution is 2.17. The molecule has 3 N–H and O–H groups in total. The van der Waals surface area contributed by atoms with Crippen molar-refractivity contribution in [2.75, 3.05) is 24.5 Å². The van der Waals surface area contributed by atoms with Crippen molar-refractivity contribution in [2.24, 2.45) is 5.73 Å². The van der Waals surface area contributed by atoms with Gasteiger partial charge in [0.2, 0.25) is 0 Å². The summed E-state index contributed by atoms with van der Waals surface area (Å²) >= 11 is 1.47. The van der Waals surface area contributed by atoms with E-state index in [1.165, 1.54) is 37.0 Å². The summed E-state index contributed by atoms with van der Waals surface area (Å²) in [5, 5.41) is 5.58. The Bertz CT molecular complexity index is 677. The van der Waals surface area contributed by atoms with Crippen LogP contribution in [0.3, 0.4) is 0 Å². The first kappa shape index (κ1) is 17.8. The summed E-state index contributed by atoms with van der Waals surface area (Å²) in [4.78, 5) is 23.4. The molecule has 1 saturated heterocycles. The van der Waals surface area contributed by atoms with Crippen molar-refractivity contribution >= 4 is 23.1 Å². The second-order valence-corrected chi connectivity index (χ2v) is 7.22. The molecule has 7 heteroatoms. The van der Waals surface area contributed by atoms with Gasteiger partial charge >= 0.3 is 0 Å². The number of nitrogens with two attached hydrogens (primary N) is 1. The van der Waals surface area contributed by atoms with Crippen LogP contribution in [0.1, 0.15) is 46.7 Å². The van der Waals surface area contributed by atoms with Gasteiger partial charge in [0.15, 0.2) is 0 Å². The Morgan fingerprint density at radius 2 is 2.04 bits per heavy atom. The van der Waals surface area contributed by atoms with Crippen LogP contribution in [0, 0.1) is 0 Å². The molecule has 0 saturated carbocycles. The zero-order chi connectivity index (χ0) is 17.5. The summed E-state index contributed by atoms with van der Waals surface area (Å²) in [7, 11) is 0. The fourth-order valence-corrected chi connectivity index (χ4v) is 3.73. The van der Waals surface area contributed by atoms with E-state index in [4.69, 9.17) is 5.73 Å². The monoisotopic (exact) mass is 359 g/mol. The van der Waals surface area contributed by atoms with Gasteiger partial charge in [-0.15, -0.1) is 11.3 Å². The van der Waals surface area contributed by atoms with Crippen molar-refractivity contribution in [3.05, 3.63) is 40.0 Å². The lowest BCUT2D eigenvalue weighted by molar-refractivity contribution is 0.0946. The average Bonchev–Trinajstić information content (AvgIpc) is 2.94. The molecule has 0 unspecified atom stereocenters. The fraction of sp³-hybridized carbons (Fsp3) is 0.500. The molecule has 0 spiro atoms. The zero-order valence-corrected chi connectivity index (χ0v) is 15.2. The number of nitrogens with one attached hydrogen (secondary N) is 1. The summed E-state index contributed by atoms with van der Waals surface area (Å²) in [5.74, 6) is 0.874. The molecular formula is C18H25N5OS. The Morgan fingerprint density at radius 3 is 2.72 bits per heavy atom. The molecule has 1 amide bonds. The van der Waals surface area contributed by atoms with E-state index in [0.717, 1.165) is 29.5 Å². The lowest BCUT2D eigenvalue weighted by Gasteiger charge is -2.21. The summed E-state index contributed by atoms with van der Waals surface area (Å²) in [6.07, 6.45) is 7.65. The highest BCUT2D eigenvalue weighted by Gasteiger charge is 2.12. The second-order valence-electron chi connectivity index (χ2n) is 6.27. The molecule has 3 rings (SSSR count). The number of carbonyl (C=O) groups excluding carboxylic acids is 1. The van der Waals surface area contributed by atoms with Gasteiger partial charge in [-0.3, -0.25) is 4.79 Å². The molecule has 3 heterocycles. The van der Waals surface area contributed by atoms with Gasteiger partial charge in [0, 0.05) is 37.6 Å². The van der Waals surface area contributed by atoms with Crippen LogP contribution in [0.25, 0.3) is 0 Å². The van der Waals surface area contributed by atoms with Crippen LogP contribution in [0.5, 0.6) is 0 Å². The van der Waals surface area contributed by atoms with Gasteiger partial charge in [-0.2, -0.15) is 0 Å². The highest BCUT2D eigenvalue weighted by atomic mass is 32.1. The number of anilines is 1. The quantitative estimate of drug-likeness (QED) is 0.827. The number of hydrogen-bond donors (Lipinski definition) is 2. The third-order valence-electron chi connectivity index (χ3n) is 4.33. The molecule has 1 fully saturated rings. The number of rotatable bonds is 6. The largest absolute Gasteiger partial charge is 0.357 e. The maximum absolute atomic E-state index is 12.2. The minimum absolute atomic E-state index is 0.156. The van der Waals surface area contributed by atoms with E-state index in [-0.39, 0.29) is 5.91 Å². The maximum Gasteiger partial charge on any atom is 0.271 e. The van der Waals surface area contributed by atoms with Crippen molar-refractivity contribution in [3.8, 4) is 0 Å². The van der Waals surface area contributed by atoms with Gasteiger partial charge in [0.25, 0.3) is 5.91 Å². The Labute approximate surface area is 152 Å². The van der Waals surface area contributed by atoms with E-state index in [1.807, 2.05) is 12.3 Å². The predicted octanol–water partition coefficient (Wildman–Crippen LogP) is 2.35. The Morgan fingerprint density at radius 1 is 1.24 bits per heavy atom. The van der Waals surface area contributed by atoms with E-state index in [1.54, 1.807) is 5.38 Å². The van der Waals surface area contributed by atoms with Gasteiger partial charge in [-0.05, 0) is 31.0 Å². The minimum atomic E-state index is -0.156.